The molecule has 28 heavy (non-hydrogen) atoms. The quantitative estimate of drug-likeness (QED) is 0.468. The van der Waals surface area contributed by atoms with Gasteiger partial charge in [0.15, 0.2) is 0 Å². The third kappa shape index (κ3) is 5.17. The molecule has 1 saturated heterocycles. The number of quaternary nitrogens is 1. The number of piperidine rings is 1. The fraction of sp³-hybridized carbons (Fsp3) is 0.720. The number of likely N-dealkylation sites (tertiary alicyclic amines) is 1. The average Bonchev–Trinajstić information content (AvgIpc) is 2.68. The van der Waals surface area contributed by atoms with E-state index in [1.165, 1.54) is 74.5 Å². The van der Waals surface area contributed by atoms with E-state index in [0.717, 1.165) is 12.6 Å². The van der Waals surface area contributed by atoms with E-state index in [9.17, 15) is 4.79 Å². The van der Waals surface area contributed by atoms with Crippen LogP contribution in [0.15, 0.2) is 24.3 Å². The van der Waals surface area contributed by atoms with E-state index in [1.54, 1.807) is 0 Å². The number of ether oxygens (including phenoxy) is 1. The fourth-order valence-corrected chi connectivity index (χ4v) is 5.37. The monoisotopic (exact) mass is 386 g/mol. The standard InChI is InChI=1S/C25H40NO2/c1-20(28-24(27)21-13-15-22(16-14-21)25(2,3)4)19-26(17-9-6-10-18-26)23-11-7-5-8-12-23/h13-16,20,23H,5-12,17-19H2,1-4H3/q+1. The number of benzene rings is 1. The molecule has 2 aliphatic rings. The fourth-order valence-electron chi connectivity index (χ4n) is 5.37. The largest absolute Gasteiger partial charge is 0.453 e. The lowest BCUT2D eigenvalue weighted by Crippen LogP contribution is -2.61. The van der Waals surface area contributed by atoms with E-state index in [0.29, 0.717) is 5.56 Å². The summed E-state index contributed by atoms with van der Waals surface area (Å²) in [4.78, 5) is 12.7. The van der Waals surface area contributed by atoms with Crippen molar-refractivity contribution < 1.29 is 14.0 Å². The van der Waals surface area contributed by atoms with Gasteiger partial charge < -0.3 is 9.22 Å². The van der Waals surface area contributed by atoms with E-state index < -0.39 is 0 Å². The molecule has 1 aromatic rings. The van der Waals surface area contributed by atoms with Gasteiger partial charge in [-0.15, -0.1) is 0 Å². The Morgan fingerprint density at radius 3 is 2.14 bits per heavy atom. The first-order valence-electron chi connectivity index (χ1n) is 11.5. The predicted molar refractivity (Wildman–Crippen MR) is 116 cm³/mol. The van der Waals surface area contributed by atoms with Crippen molar-refractivity contribution in [3.8, 4) is 0 Å². The molecular formula is C25H40NO2+. The Balaban J connectivity index is 1.63. The summed E-state index contributed by atoms with van der Waals surface area (Å²) in [7, 11) is 0. The molecule has 1 saturated carbocycles. The summed E-state index contributed by atoms with van der Waals surface area (Å²) in [5.74, 6) is -0.174. The Hall–Kier alpha value is -1.35. The van der Waals surface area contributed by atoms with E-state index in [-0.39, 0.29) is 17.5 Å². The SMILES string of the molecule is CC(C[N+]1(C2CCCCC2)CCCCC1)OC(=O)c1ccc(C(C)(C)C)cc1. The van der Waals surface area contributed by atoms with Gasteiger partial charge in [0, 0.05) is 0 Å². The van der Waals surface area contributed by atoms with Crippen molar-refractivity contribution in [3.05, 3.63) is 35.4 Å². The van der Waals surface area contributed by atoms with Crippen LogP contribution in [-0.2, 0) is 10.2 Å². The molecule has 1 aromatic carbocycles. The summed E-state index contributed by atoms with van der Waals surface area (Å²) < 4.78 is 7.12. The molecule has 1 atom stereocenters. The minimum Gasteiger partial charge on any atom is -0.453 e. The van der Waals surface area contributed by atoms with Crippen LogP contribution in [0.4, 0.5) is 0 Å². The molecular weight excluding hydrogens is 346 g/mol. The van der Waals surface area contributed by atoms with Crippen LogP contribution in [0.3, 0.4) is 0 Å². The maximum absolute atomic E-state index is 12.7. The number of esters is 1. The Morgan fingerprint density at radius 1 is 1.00 bits per heavy atom. The number of nitrogens with zero attached hydrogens (tertiary/aromatic N) is 1. The molecule has 3 heteroatoms. The van der Waals surface area contributed by atoms with Crippen LogP contribution >= 0.6 is 0 Å². The lowest BCUT2D eigenvalue weighted by molar-refractivity contribution is -0.958. The molecule has 2 fully saturated rings. The molecule has 0 amide bonds. The first-order chi connectivity index (χ1) is 13.3. The Labute approximate surface area is 172 Å². The summed E-state index contributed by atoms with van der Waals surface area (Å²) >= 11 is 0. The minimum atomic E-state index is -0.174. The van der Waals surface area contributed by atoms with Crippen LogP contribution in [0.2, 0.25) is 0 Å². The molecule has 3 nitrogen and oxygen atoms in total. The molecule has 1 unspecified atom stereocenters. The lowest BCUT2D eigenvalue weighted by atomic mass is 9.87. The van der Waals surface area contributed by atoms with Gasteiger partial charge in [-0.2, -0.15) is 0 Å². The number of carbonyl (C=O) groups excluding carboxylic acids is 1. The number of hydrogen-bond donors (Lipinski definition) is 0. The van der Waals surface area contributed by atoms with Gasteiger partial charge in [0.1, 0.15) is 12.6 Å². The predicted octanol–water partition coefficient (Wildman–Crippen LogP) is 5.86. The summed E-state index contributed by atoms with van der Waals surface area (Å²) in [6.07, 6.45) is 10.8. The van der Waals surface area contributed by atoms with Gasteiger partial charge in [-0.05, 0) is 75.0 Å². The Morgan fingerprint density at radius 2 is 1.57 bits per heavy atom. The van der Waals surface area contributed by atoms with Crippen molar-refractivity contribution in [2.45, 2.75) is 96.6 Å². The number of hydrogen-bond acceptors (Lipinski definition) is 2. The number of carbonyl (C=O) groups is 1. The van der Waals surface area contributed by atoms with Gasteiger partial charge in [-0.25, -0.2) is 4.79 Å². The molecule has 0 radical (unpaired) electrons. The topological polar surface area (TPSA) is 26.3 Å². The van der Waals surface area contributed by atoms with Gasteiger partial charge in [-0.3, -0.25) is 0 Å². The second-order valence-corrected chi connectivity index (χ2v) is 10.2. The highest BCUT2D eigenvalue weighted by Crippen LogP contribution is 2.33. The van der Waals surface area contributed by atoms with E-state index >= 15 is 0 Å². The van der Waals surface area contributed by atoms with Crippen LogP contribution < -0.4 is 0 Å². The highest BCUT2D eigenvalue weighted by atomic mass is 16.5. The molecule has 0 N–H and O–H groups in total. The van der Waals surface area contributed by atoms with Crippen molar-refractivity contribution >= 4 is 5.97 Å². The van der Waals surface area contributed by atoms with Crippen LogP contribution in [0.5, 0.6) is 0 Å². The Kier molecular flexibility index (Phi) is 6.85. The smallest absolute Gasteiger partial charge is 0.338 e. The minimum absolute atomic E-state index is 0.0326. The molecule has 1 heterocycles. The first kappa shape index (κ1) is 21.4. The molecule has 3 rings (SSSR count). The first-order valence-corrected chi connectivity index (χ1v) is 11.5. The van der Waals surface area contributed by atoms with Gasteiger partial charge in [0.25, 0.3) is 0 Å². The maximum Gasteiger partial charge on any atom is 0.338 e. The van der Waals surface area contributed by atoms with E-state index in [1.807, 2.05) is 12.1 Å². The van der Waals surface area contributed by atoms with E-state index in [2.05, 4.69) is 39.8 Å². The van der Waals surface area contributed by atoms with Crippen molar-refractivity contribution in [1.82, 2.24) is 0 Å². The highest BCUT2D eigenvalue weighted by Gasteiger charge is 2.40. The molecule has 1 aliphatic heterocycles. The normalized spacial score (nSPS) is 21.9. The van der Waals surface area contributed by atoms with Crippen molar-refractivity contribution in [1.29, 1.82) is 0 Å². The van der Waals surface area contributed by atoms with Gasteiger partial charge in [0.2, 0.25) is 0 Å². The zero-order valence-electron chi connectivity index (χ0n) is 18.5. The van der Waals surface area contributed by atoms with Crippen molar-refractivity contribution in [2.24, 2.45) is 0 Å². The lowest BCUT2D eigenvalue weighted by Gasteiger charge is -2.49. The molecule has 0 spiro atoms. The second-order valence-electron chi connectivity index (χ2n) is 10.2. The third-order valence-electron chi connectivity index (χ3n) is 6.97. The molecule has 156 valence electrons. The molecule has 1 aliphatic carbocycles. The molecule has 0 bridgehead atoms. The van der Waals surface area contributed by atoms with Gasteiger partial charge in [-0.1, -0.05) is 39.3 Å². The van der Waals surface area contributed by atoms with Crippen LogP contribution in [-0.4, -0.2) is 42.2 Å². The van der Waals surface area contributed by atoms with E-state index in [4.69, 9.17) is 4.74 Å². The van der Waals surface area contributed by atoms with Gasteiger partial charge in [0.05, 0.1) is 24.7 Å². The maximum atomic E-state index is 12.7. The summed E-state index contributed by atoms with van der Waals surface area (Å²) in [5, 5.41) is 0. The van der Waals surface area contributed by atoms with Crippen molar-refractivity contribution in [2.75, 3.05) is 19.6 Å². The second kappa shape index (κ2) is 8.98. The summed E-state index contributed by atoms with van der Waals surface area (Å²) in [5.41, 5.74) is 2.01. The zero-order chi connectivity index (χ0) is 20.2. The summed E-state index contributed by atoms with van der Waals surface area (Å²) in [6.45, 7) is 12.2. The van der Waals surface area contributed by atoms with Crippen LogP contribution in [0.25, 0.3) is 0 Å². The van der Waals surface area contributed by atoms with Crippen molar-refractivity contribution in [3.63, 3.8) is 0 Å². The van der Waals surface area contributed by atoms with Crippen LogP contribution in [0, 0.1) is 0 Å². The Bertz CT molecular complexity index is 632. The van der Waals surface area contributed by atoms with Gasteiger partial charge >= 0.3 is 5.97 Å². The zero-order valence-corrected chi connectivity index (χ0v) is 18.5. The average molecular weight is 387 g/mol. The number of rotatable bonds is 5. The third-order valence-corrected chi connectivity index (χ3v) is 6.97. The highest BCUT2D eigenvalue weighted by molar-refractivity contribution is 5.89. The summed E-state index contributed by atoms with van der Waals surface area (Å²) in [6, 6.07) is 8.73. The van der Waals surface area contributed by atoms with Crippen LogP contribution in [0.1, 0.15) is 95.0 Å². The molecule has 0 aromatic heterocycles.